The average Bonchev–Trinajstić information content (AvgIpc) is 2.84. The Kier molecular flexibility index (Phi) is 27.6. The molecule has 0 rings (SSSR count). The zero-order valence-corrected chi connectivity index (χ0v) is 22.9. The molecule has 0 aromatic heterocycles. The fourth-order valence-electron chi connectivity index (χ4n) is 4.08. The van der Waals surface area contributed by atoms with Crippen molar-refractivity contribution in [2.45, 2.75) is 155 Å². The number of aliphatic hydroxyl groups excluding tert-OH is 1. The lowest BCUT2D eigenvalue weighted by molar-refractivity contribution is -0.154. The van der Waals surface area contributed by atoms with Gasteiger partial charge in [0.2, 0.25) is 0 Å². The third-order valence-corrected chi connectivity index (χ3v) is 6.34. The van der Waals surface area contributed by atoms with E-state index in [9.17, 15) is 9.90 Å². The standard InChI is InChI=1S/C30H58O4/c1-3-5-7-9-11-13-14-15-16-17-19-21-23-25-30(32)34-29(27-31)28-33-26-24-22-20-18-12-10-8-6-4-2/h13-14,29,31H,3-12,15-28H2,1-2H3/b14-13-. The van der Waals surface area contributed by atoms with Crippen LogP contribution in [0, 0.1) is 0 Å². The molecule has 202 valence electrons. The number of allylic oxidation sites excluding steroid dienone is 2. The Hall–Kier alpha value is -0.870. The first-order valence-corrected chi connectivity index (χ1v) is 14.8. The summed E-state index contributed by atoms with van der Waals surface area (Å²) < 4.78 is 11.0. The van der Waals surface area contributed by atoms with Crippen molar-refractivity contribution in [3.05, 3.63) is 12.2 Å². The monoisotopic (exact) mass is 482 g/mol. The molecule has 4 heteroatoms. The van der Waals surface area contributed by atoms with Crippen LogP contribution in [0.15, 0.2) is 12.2 Å². The van der Waals surface area contributed by atoms with E-state index in [1.54, 1.807) is 0 Å². The second kappa shape index (κ2) is 28.4. The Morgan fingerprint density at radius 2 is 1.15 bits per heavy atom. The highest BCUT2D eigenvalue weighted by atomic mass is 16.6. The highest BCUT2D eigenvalue weighted by Gasteiger charge is 2.13. The highest BCUT2D eigenvalue weighted by molar-refractivity contribution is 5.69. The van der Waals surface area contributed by atoms with Gasteiger partial charge in [0.05, 0.1) is 13.2 Å². The molecule has 0 heterocycles. The fraction of sp³-hybridized carbons (Fsp3) is 0.900. The second-order valence-electron chi connectivity index (χ2n) is 9.82. The van der Waals surface area contributed by atoms with Gasteiger partial charge in [0, 0.05) is 13.0 Å². The summed E-state index contributed by atoms with van der Waals surface area (Å²) in [5, 5.41) is 9.46. The van der Waals surface area contributed by atoms with Gasteiger partial charge in [0.1, 0.15) is 6.10 Å². The molecule has 1 atom stereocenters. The molecule has 34 heavy (non-hydrogen) atoms. The van der Waals surface area contributed by atoms with E-state index in [-0.39, 0.29) is 12.6 Å². The van der Waals surface area contributed by atoms with Gasteiger partial charge in [0.25, 0.3) is 0 Å². The molecule has 0 saturated heterocycles. The van der Waals surface area contributed by atoms with Gasteiger partial charge in [-0.3, -0.25) is 4.79 Å². The maximum atomic E-state index is 12.0. The van der Waals surface area contributed by atoms with E-state index in [0.717, 1.165) is 19.3 Å². The molecule has 0 aromatic carbocycles. The SMILES string of the molecule is CCCCCC/C=C\CCCCCCCC(=O)OC(CO)COCCCCCCCCCCC. The lowest BCUT2D eigenvalue weighted by atomic mass is 10.1. The van der Waals surface area contributed by atoms with E-state index < -0.39 is 6.10 Å². The lowest BCUT2D eigenvalue weighted by Crippen LogP contribution is -2.27. The van der Waals surface area contributed by atoms with Gasteiger partial charge in [-0.2, -0.15) is 0 Å². The van der Waals surface area contributed by atoms with Crippen LogP contribution in [-0.4, -0.2) is 37.0 Å². The molecule has 0 aliphatic rings. The first-order valence-electron chi connectivity index (χ1n) is 14.8. The fourth-order valence-corrected chi connectivity index (χ4v) is 4.08. The molecule has 0 aromatic rings. The van der Waals surface area contributed by atoms with Crippen LogP contribution in [0.1, 0.15) is 149 Å². The van der Waals surface area contributed by atoms with Crippen LogP contribution in [0.25, 0.3) is 0 Å². The van der Waals surface area contributed by atoms with Crippen LogP contribution >= 0.6 is 0 Å². The van der Waals surface area contributed by atoms with Crippen molar-refractivity contribution < 1.29 is 19.4 Å². The van der Waals surface area contributed by atoms with Crippen molar-refractivity contribution in [1.82, 2.24) is 0 Å². The van der Waals surface area contributed by atoms with E-state index in [1.165, 1.54) is 109 Å². The van der Waals surface area contributed by atoms with Crippen molar-refractivity contribution >= 4 is 5.97 Å². The molecule has 0 saturated carbocycles. The number of rotatable bonds is 27. The van der Waals surface area contributed by atoms with Gasteiger partial charge in [-0.25, -0.2) is 0 Å². The van der Waals surface area contributed by atoms with Crippen LogP contribution < -0.4 is 0 Å². The highest BCUT2D eigenvalue weighted by Crippen LogP contribution is 2.11. The van der Waals surface area contributed by atoms with Crippen LogP contribution in [-0.2, 0) is 14.3 Å². The second-order valence-corrected chi connectivity index (χ2v) is 9.82. The average molecular weight is 483 g/mol. The minimum absolute atomic E-state index is 0.171. The molecule has 0 fully saturated rings. The van der Waals surface area contributed by atoms with Crippen molar-refractivity contribution in [3.63, 3.8) is 0 Å². The summed E-state index contributed by atoms with van der Waals surface area (Å²) in [6, 6.07) is 0. The molecule has 0 spiro atoms. The number of hydrogen-bond donors (Lipinski definition) is 1. The van der Waals surface area contributed by atoms with Gasteiger partial charge in [0.15, 0.2) is 0 Å². The molecular formula is C30H58O4. The quantitative estimate of drug-likeness (QED) is 0.0722. The number of unbranched alkanes of at least 4 members (excludes halogenated alkanes) is 17. The zero-order valence-electron chi connectivity index (χ0n) is 22.9. The molecular weight excluding hydrogens is 424 g/mol. The summed E-state index contributed by atoms with van der Waals surface area (Å²) in [7, 11) is 0. The Labute approximate surface area is 212 Å². The Morgan fingerprint density at radius 1 is 0.676 bits per heavy atom. The van der Waals surface area contributed by atoms with Crippen LogP contribution in [0.2, 0.25) is 0 Å². The number of hydrogen-bond acceptors (Lipinski definition) is 4. The van der Waals surface area contributed by atoms with Gasteiger partial charge in [-0.05, 0) is 38.5 Å². The van der Waals surface area contributed by atoms with Gasteiger partial charge in [-0.1, -0.05) is 116 Å². The summed E-state index contributed by atoms with van der Waals surface area (Å²) in [5.41, 5.74) is 0. The maximum Gasteiger partial charge on any atom is 0.306 e. The lowest BCUT2D eigenvalue weighted by Gasteiger charge is -2.15. The Balaban J connectivity index is 3.47. The summed E-state index contributed by atoms with van der Waals surface area (Å²) in [6.07, 6.45) is 29.4. The molecule has 4 nitrogen and oxygen atoms in total. The zero-order chi connectivity index (χ0) is 25.0. The van der Waals surface area contributed by atoms with Gasteiger partial charge in [-0.15, -0.1) is 0 Å². The minimum Gasteiger partial charge on any atom is -0.457 e. The summed E-state index contributed by atoms with van der Waals surface area (Å²) in [4.78, 5) is 12.0. The van der Waals surface area contributed by atoms with E-state index in [2.05, 4.69) is 26.0 Å². The summed E-state index contributed by atoms with van der Waals surface area (Å²) >= 11 is 0. The number of ether oxygens (including phenoxy) is 2. The minimum atomic E-state index is -0.528. The molecule has 1 unspecified atom stereocenters. The summed E-state index contributed by atoms with van der Waals surface area (Å²) in [5.74, 6) is -0.211. The predicted octanol–water partition coefficient (Wildman–Crippen LogP) is 8.70. The van der Waals surface area contributed by atoms with Crippen LogP contribution in [0.3, 0.4) is 0 Å². The number of carbonyl (C=O) groups is 1. The molecule has 1 N–H and O–H groups in total. The first-order chi connectivity index (χ1) is 16.7. The van der Waals surface area contributed by atoms with Gasteiger partial charge < -0.3 is 14.6 Å². The van der Waals surface area contributed by atoms with E-state index in [0.29, 0.717) is 19.6 Å². The molecule has 0 amide bonds. The van der Waals surface area contributed by atoms with Crippen molar-refractivity contribution in [2.24, 2.45) is 0 Å². The third kappa shape index (κ3) is 25.7. The maximum absolute atomic E-state index is 12.0. The van der Waals surface area contributed by atoms with E-state index >= 15 is 0 Å². The number of esters is 1. The van der Waals surface area contributed by atoms with E-state index in [4.69, 9.17) is 9.47 Å². The normalized spacial score (nSPS) is 12.4. The van der Waals surface area contributed by atoms with Crippen molar-refractivity contribution in [1.29, 1.82) is 0 Å². The first kappa shape index (κ1) is 33.1. The van der Waals surface area contributed by atoms with Crippen LogP contribution in [0.4, 0.5) is 0 Å². The van der Waals surface area contributed by atoms with Crippen molar-refractivity contribution in [2.75, 3.05) is 19.8 Å². The Bertz CT molecular complexity index is 436. The summed E-state index contributed by atoms with van der Waals surface area (Å²) in [6.45, 7) is 5.31. The van der Waals surface area contributed by atoms with E-state index in [1.807, 2.05) is 0 Å². The molecule has 0 radical (unpaired) electrons. The third-order valence-electron chi connectivity index (χ3n) is 6.34. The largest absolute Gasteiger partial charge is 0.457 e. The molecule has 0 aliphatic carbocycles. The van der Waals surface area contributed by atoms with Crippen molar-refractivity contribution in [3.8, 4) is 0 Å². The number of aliphatic hydroxyl groups is 1. The molecule has 0 bridgehead atoms. The Morgan fingerprint density at radius 3 is 1.71 bits per heavy atom. The number of carbonyl (C=O) groups excluding carboxylic acids is 1. The van der Waals surface area contributed by atoms with Crippen LogP contribution in [0.5, 0.6) is 0 Å². The van der Waals surface area contributed by atoms with Gasteiger partial charge >= 0.3 is 5.97 Å². The smallest absolute Gasteiger partial charge is 0.306 e. The predicted molar refractivity (Wildman–Crippen MR) is 145 cm³/mol. The topological polar surface area (TPSA) is 55.8 Å². The molecule has 0 aliphatic heterocycles.